The highest BCUT2D eigenvalue weighted by molar-refractivity contribution is 5.76. The summed E-state index contributed by atoms with van der Waals surface area (Å²) in [5, 5.41) is 11.5. The van der Waals surface area contributed by atoms with Crippen LogP contribution in [0.3, 0.4) is 0 Å². The van der Waals surface area contributed by atoms with Gasteiger partial charge in [-0.2, -0.15) is 5.26 Å². The van der Waals surface area contributed by atoms with Crippen molar-refractivity contribution >= 4 is 5.91 Å². The molecule has 1 heterocycles. The number of nitriles is 1. The molecular weight excluding hydrogens is 248 g/mol. The number of H-pyrrole nitrogens is 1. The molecule has 7 heteroatoms. The Bertz CT molecular complexity index is 628. The maximum absolute atomic E-state index is 11.6. The molecule has 102 valence electrons. The van der Waals surface area contributed by atoms with Crippen LogP contribution in [0.1, 0.15) is 32.8 Å². The molecule has 0 radical (unpaired) electrons. The van der Waals surface area contributed by atoms with Crippen molar-refractivity contribution < 1.29 is 4.79 Å². The Morgan fingerprint density at radius 3 is 2.63 bits per heavy atom. The van der Waals surface area contributed by atoms with E-state index in [4.69, 9.17) is 5.26 Å². The fourth-order valence-electron chi connectivity index (χ4n) is 1.46. The zero-order valence-electron chi connectivity index (χ0n) is 11.1. The molecule has 0 spiro atoms. The van der Waals surface area contributed by atoms with E-state index in [0.29, 0.717) is 0 Å². The zero-order chi connectivity index (χ0) is 14.6. The highest BCUT2D eigenvalue weighted by atomic mass is 16.2. The molecule has 0 unspecified atom stereocenters. The SMILES string of the molecule is CC(C)(C)NC(=O)CCn1cc(C#N)c(=O)[nH]c1=O. The number of aromatic amines is 1. The van der Waals surface area contributed by atoms with E-state index in [1.54, 1.807) is 6.07 Å². The van der Waals surface area contributed by atoms with Gasteiger partial charge in [-0.25, -0.2) is 4.79 Å². The summed E-state index contributed by atoms with van der Waals surface area (Å²) in [6, 6.07) is 1.68. The summed E-state index contributed by atoms with van der Waals surface area (Å²) < 4.78 is 1.14. The van der Waals surface area contributed by atoms with Gasteiger partial charge in [0.15, 0.2) is 0 Å². The van der Waals surface area contributed by atoms with Gasteiger partial charge >= 0.3 is 5.69 Å². The zero-order valence-corrected chi connectivity index (χ0v) is 11.1. The number of carbonyl (C=O) groups is 1. The van der Waals surface area contributed by atoms with E-state index in [-0.39, 0.29) is 30.0 Å². The second-order valence-corrected chi connectivity index (χ2v) is 5.16. The van der Waals surface area contributed by atoms with Crippen molar-refractivity contribution in [3.63, 3.8) is 0 Å². The summed E-state index contributed by atoms with van der Waals surface area (Å²) in [5.74, 6) is -0.205. The summed E-state index contributed by atoms with van der Waals surface area (Å²) in [5.41, 5.74) is -1.85. The number of nitrogens with one attached hydrogen (secondary N) is 2. The monoisotopic (exact) mass is 264 g/mol. The number of aryl methyl sites for hydroxylation is 1. The highest BCUT2D eigenvalue weighted by Crippen LogP contribution is 1.99. The molecule has 0 aliphatic carbocycles. The Morgan fingerprint density at radius 2 is 2.11 bits per heavy atom. The topological polar surface area (TPSA) is 108 Å². The van der Waals surface area contributed by atoms with Crippen LogP contribution in [0.15, 0.2) is 15.8 Å². The molecule has 0 saturated heterocycles. The molecule has 0 aliphatic heterocycles. The van der Waals surface area contributed by atoms with Crippen LogP contribution in [0.25, 0.3) is 0 Å². The Balaban J connectivity index is 2.80. The third-order valence-corrected chi connectivity index (χ3v) is 2.23. The quantitative estimate of drug-likeness (QED) is 0.782. The van der Waals surface area contributed by atoms with Gasteiger partial charge in [0.1, 0.15) is 11.6 Å². The molecule has 0 aliphatic rings. The Labute approximate surface area is 109 Å². The average Bonchev–Trinajstić information content (AvgIpc) is 2.25. The first-order valence-electron chi connectivity index (χ1n) is 5.78. The molecule has 1 amide bonds. The minimum absolute atomic E-state index is 0.0914. The van der Waals surface area contributed by atoms with Crippen molar-refractivity contribution in [1.29, 1.82) is 5.26 Å². The van der Waals surface area contributed by atoms with E-state index in [1.807, 2.05) is 25.8 Å². The molecule has 1 aromatic heterocycles. The lowest BCUT2D eigenvalue weighted by Crippen LogP contribution is -2.41. The van der Waals surface area contributed by atoms with E-state index in [1.165, 1.54) is 0 Å². The first kappa shape index (κ1) is 14.7. The minimum atomic E-state index is -0.720. The molecule has 7 nitrogen and oxygen atoms in total. The van der Waals surface area contributed by atoms with Crippen LogP contribution in [-0.4, -0.2) is 21.0 Å². The Hall–Kier alpha value is -2.36. The first-order valence-corrected chi connectivity index (χ1v) is 5.78. The highest BCUT2D eigenvalue weighted by Gasteiger charge is 2.13. The summed E-state index contributed by atoms with van der Waals surface area (Å²) in [4.78, 5) is 36.3. The predicted molar refractivity (Wildman–Crippen MR) is 68.6 cm³/mol. The number of amides is 1. The van der Waals surface area contributed by atoms with Crippen molar-refractivity contribution in [3.8, 4) is 6.07 Å². The van der Waals surface area contributed by atoms with Crippen LogP contribution in [-0.2, 0) is 11.3 Å². The third-order valence-electron chi connectivity index (χ3n) is 2.23. The van der Waals surface area contributed by atoms with Crippen molar-refractivity contribution in [2.24, 2.45) is 0 Å². The van der Waals surface area contributed by atoms with Gasteiger partial charge in [-0.05, 0) is 20.8 Å². The van der Waals surface area contributed by atoms with Crippen LogP contribution in [0, 0.1) is 11.3 Å². The van der Waals surface area contributed by atoms with Gasteiger partial charge in [0.2, 0.25) is 5.91 Å². The molecule has 0 bridgehead atoms. The fourth-order valence-corrected chi connectivity index (χ4v) is 1.46. The smallest absolute Gasteiger partial charge is 0.328 e. The summed E-state index contributed by atoms with van der Waals surface area (Å²) in [7, 11) is 0. The Morgan fingerprint density at radius 1 is 1.47 bits per heavy atom. The normalized spacial score (nSPS) is 10.8. The van der Waals surface area contributed by atoms with Gasteiger partial charge in [-0.1, -0.05) is 0 Å². The molecule has 0 aromatic carbocycles. The lowest BCUT2D eigenvalue weighted by atomic mass is 10.1. The average molecular weight is 264 g/mol. The van der Waals surface area contributed by atoms with Crippen molar-refractivity contribution in [2.45, 2.75) is 39.3 Å². The summed E-state index contributed by atoms with van der Waals surface area (Å²) in [6.45, 7) is 5.66. The number of aromatic nitrogens is 2. The predicted octanol–water partition coefficient (Wildman–Crippen LogP) is -0.287. The number of hydrogen-bond acceptors (Lipinski definition) is 4. The number of hydrogen-bond donors (Lipinski definition) is 2. The second kappa shape index (κ2) is 5.52. The standard InChI is InChI=1S/C12H16N4O3/c1-12(2,3)15-9(17)4-5-16-7-8(6-13)10(18)14-11(16)19/h7H,4-5H2,1-3H3,(H,15,17)(H,14,18,19). The van der Waals surface area contributed by atoms with Crippen LogP contribution >= 0.6 is 0 Å². The molecule has 0 fully saturated rings. The fraction of sp³-hybridized carbons (Fsp3) is 0.500. The molecule has 1 rings (SSSR count). The molecule has 2 N–H and O–H groups in total. The Kier molecular flexibility index (Phi) is 4.27. The van der Waals surface area contributed by atoms with Crippen LogP contribution in [0.4, 0.5) is 0 Å². The lowest BCUT2D eigenvalue weighted by molar-refractivity contribution is -0.122. The molecule has 0 saturated carbocycles. The van der Waals surface area contributed by atoms with Crippen molar-refractivity contribution in [3.05, 3.63) is 32.6 Å². The van der Waals surface area contributed by atoms with Crippen LogP contribution in [0.5, 0.6) is 0 Å². The molecule has 1 aromatic rings. The van der Waals surface area contributed by atoms with Crippen molar-refractivity contribution in [2.75, 3.05) is 0 Å². The van der Waals surface area contributed by atoms with Crippen molar-refractivity contribution in [1.82, 2.24) is 14.9 Å². The van der Waals surface area contributed by atoms with Gasteiger partial charge < -0.3 is 5.32 Å². The third kappa shape index (κ3) is 4.43. The lowest BCUT2D eigenvalue weighted by Gasteiger charge is -2.20. The largest absolute Gasteiger partial charge is 0.351 e. The van der Waals surface area contributed by atoms with Gasteiger partial charge in [0.05, 0.1) is 0 Å². The second-order valence-electron chi connectivity index (χ2n) is 5.16. The van der Waals surface area contributed by atoms with E-state index in [0.717, 1.165) is 10.8 Å². The minimum Gasteiger partial charge on any atom is -0.351 e. The van der Waals surface area contributed by atoms with Gasteiger partial charge in [0, 0.05) is 24.7 Å². The van der Waals surface area contributed by atoms with E-state index in [2.05, 4.69) is 5.32 Å². The molecule has 19 heavy (non-hydrogen) atoms. The van der Waals surface area contributed by atoms with Crippen LogP contribution < -0.4 is 16.6 Å². The van der Waals surface area contributed by atoms with Gasteiger partial charge in [-0.3, -0.25) is 19.1 Å². The molecular formula is C12H16N4O3. The molecule has 0 atom stereocenters. The van der Waals surface area contributed by atoms with E-state index in [9.17, 15) is 14.4 Å². The van der Waals surface area contributed by atoms with E-state index >= 15 is 0 Å². The summed E-state index contributed by atoms with van der Waals surface area (Å²) in [6.07, 6.45) is 1.25. The van der Waals surface area contributed by atoms with Crippen LogP contribution in [0.2, 0.25) is 0 Å². The summed E-state index contributed by atoms with van der Waals surface area (Å²) >= 11 is 0. The van der Waals surface area contributed by atoms with E-state index < -0.39 is 11.2 Å². The first-order chi connectivity index (χ1) is 8.73. The van der Waals surface area contributed by atoms with Gasteiger partial charge in [0.25, 0.3) is 5.56 Å². The number of rotatable bonds is 3. The maximum atomic E-state index is 11.6. The maximum Gasteiger partial charge on any atom is 0.328 e. The number of nitrogens with zero attached hydrogens (tertiary/aromatic N) is 2. The number of carbonyl (C=O) groups excluding carboxylic acids is 1. The van der Waals surface area contributed by atoms with Gasteiger partial charge in [-0.15, -0.1) is 0 Å².